The van der Waals surface area contributed by atoms with Crippen LogP contribution in [0.25, 0.3) is 5.69 Å². The van der Waals surface area contributed by atoms with Crippen LogP contribution in [0.15, 0.2) is 42.6 Å². The van der Waals surface area contributed by atoms with Crippen molar-refractivity contribution < 1.29 is 4.79 Å². The molecule has 0 radical (unpaired) electrons. The summed E-state index contributed by atoms with van der Waals surface area (Å²) in [4.78, 5) is 14.8. The molecule has 3 aromatic rings. The second-order valence-corrected chi connectivity index (χ2v) is 6.41. The van der Waals surface area contributed by atoms with Crippen molar-refractivity contribution in [3.05, 3.63) is 54.1 Å². The number of rotatable bonds is 4. The summed E-state index contributed by atoms with van der Waals surface area (Å²) >= 11 is 0. The van der Waals surface area contributed by atoms with Gasteiger partial charge >= 0.3 is 0 Å². The molecule has 1 aliphatic rings. The van der Waals surface area contributed by atoms with Crippen molar-refractivity contribution in [1.82, 2.24) is 34.9 Å². The molecule has 1 saturated heterocycles. The molecule has 1 amide bonds. The van der Waals surface area contributed by atoms with E-state index in [1.165, 1.54) is 0 Å². The van der Waals surface area contributed by atoms with Gasteiger partial charge in [0.1, 0.15) is 5.69 Å². The minimum Gasteiger partial charge on any atom is -0.337 e. The fourth-order valence-electron chi connectivity index (χ4n) is 3.50. The quantitative estimate of drug-likeness (QED) is 0.717. The van der Waals surface area contributed by atoms with E-state index in [-0.39, 0.29) is 11.8 Å². The summed E-state index contributed by atoms with van der Waals surface area (Å²) in [6.07, 6.45) is 3.57. The van der Waals surface area contributed by atoms with Crippen molar-refractivity contribution in [3.8, 4) is 5.69 Å². The molecule has 0 saturated carbocycles. The van der Waals surface area contributed by atoms with Gasteiger partial charge in [-0.3, -0.25) is 9.48 Å². The Kier molecular flexibility index (Phi) is 4.47. The lowest BCUT2D eigenvalue weighted by atomic mass is 9.96. The van der Waals surface area contributed by atoms with Crippen LogP contribution in [0.5, 0.6) is 0 Å². The summed E-state index contributed by atoms with van der Waals surface area (Å²) < 4.78 is 3.51. The maximum atomic E-state index is 12.9. The Morgan fingerprint density at radius 1 is 1.23 bits per heavy atom. The van der Waals surface area contributed by atoms with Gasteiger partial charge in [-0.25, -0.2) is 0 Å². The van der Waals surface area contributed by atoms with Gasteiger partial charge in [0, 0.05) is 31.7 Å². The molecule has 1 aliphatic heterocycles. The zero-order chi connectivity index (χ0) is 17.9. The molecule has 3 heterocycles. The van der Waals surface area contributed by atoms with E-state index in [4.69, 9.17) is 0 Å². The molecule has 0 bridgehead atoms. The third-order valence-corrected chi connectivity index (χ3v) is 4.80. The molecule has 4 rings (SSSR count). The van der Waals surface area contributed by atoms with Gasteiger partial charge in [0.2, 0.25) is 0 Å². The average molecular weight is 351 g/mol. The number of benzene rings is 1. The van der Waals surface area contributed by atoms with Gasteiger partial charge in [0.15, 0.2) is 5.82 Å². The van der Waals surface area contributed by atoms with Gasteiger partial charge in [0.25, 0.3) is 5.91 Å². The number of piperidine rings is 1. The number of para-hydroxylation sites is 1. The van der Waals surface area contributed by atoms with Crippen LogP contribution >= 0.6 is 0 Å². The van der Waals surface area contributed by atoms with Crippen molar-refractivity contribution in [3.63, 3.8) is 0 Å². The number of aryl methyl sites for hydroxylation is 1. The topological polar surface area (TPSA) is 81.7 Å². The lowest BCUT2D eigenvalue weighted by Gasteiger charge is -2.32. The van der Waals surface area contributed by atoms with Crippen molar-refractivity contribution in [2.75, 3.05) is 13.1 Å². The molecule has 1 aromatic carbocycles. The minimum atomic E-state index is 0.0211. The largest absolute Gasteiger partial charge is 0.337 e. The molecule has 1 fully saturated rings. The molecule has 1 atom stereocenters. The highest BCUT2D eigenvalue weighted by atomic mass is 16.2. The van der Waals surface area contributed by atoms with Crippen LogP contribution < -0.4 is 0 Å². The predicted octanol–water partition coefficient (Wildman–Crippen LogP) is 1.90. The lowest BCUT2D eigenvalue weighted by molar-refractivity contribution is 0.0691. The lowest BCUT2D eigenvalue weighted by Crippen LogP contribution is -2.40. The van der Waals surface area contributed by atoms with Crippen LogP contribution in [0, 0.1) is 0 Å². The highest BCUT2D eigenvalue weighted by Gasteiger charge is 2.30. The normalized spacial score (nSPS) is 17.4. The molecule has 8 heteroatoms. The van der Waals surface area contributed by atoms with Crippen molar-refractivity contribution in [2.24, 2.45) is 0 Å². The summed E-state index contributed by atoms with van der Waals surface area (Å²) in [7, 11) is 0. The van der Waals surface area contributed by atoms with Crippen LogP contribution in [0.1, 0.15) is 42.0 Å². The fraction of sp³-hybridized carbons (Fsp3) is 0.389. The van der Waals surface area contributed by atoms with E-state index in [9.17, 15) is 4.79 Å². The Bertz CT molecular complexity index is 886. The number of carbonyl (C=O) groups is 1. The van der Waals surface area contributed by atoms with E-state index in [1.807, 2.05) is 42.2 Å². The first-order valence-electron chi connectivity index (χ1n) is 8.92. The monoisotopic (exact) mass is 351 g/mol. The van der Waals surface area contributed by atoms with E-state index >= 15 is 0 Å². The molecular formula is C18H21N7O. The number of tetrazole rings is 1. The maximum absolute atomic E-state index is 12.9. The summed E-state index contributed by atoms with van der Waals surface area (Å²) in [5, 5.41) is 16.5. The Balaban J connectivity index is 1.57. The van der Waals surface area contributed by atoms with E-state index in [0.717, 1.165) is 30.9 Å². The van der Waals surface area contributed by atoms with Gasteiger partial charge < -0.3 is 4.90 Å². The first-order valence-corrected chi connectivity index (χ1v) is 8.92. The minimum absolute atomic E-state index is 0.0211. The van der Waals surface area contributed by atoms with Crippen LogP contribution in [0.2, 0.25) is 0 Å². The molecule has 2 aromatic heterocycles. The second kappa shape index (κ2) is 7.07. The summed E-state index contributed by atoms with van der Waals surface area (Å²) in [5.41, 5.74) is 1.57. The second-order valence-electron chi connectivity index (χ2n) is 6.41. The average Bonchev–Trinajstić information content (AvgIpc) is 3.37. The Hall–Kier alpha value is -3.03. The number of aromatic nitrogens is 6. The number of carbonyl (C=O) groups excluding carboxylic acids is 1. The smallest absolute Gasteiger partial charge is 0.272 e. The zero-order valence-electron chi connectivity index (χ0n) is 14.7. The Morgan fingerprint density at radius 3 is 2.88 bits per heavy atom. The van der Waals surface area contributed by atoms with Crippen LogP contribution in [0.3, 0.4) is 0 Å². The first kappa shape index (κ1) is 16.4. The van der Waals surface area contributed by atoms with Crippen molar-refractivity contribution in [1.29, 1.82) is 0 Å². The van der Waals surface area contributed by atoms with Gasteiger partial charge in [-0.05, 0) is 48.4 Å². The number of hydrogen-bond acceptors (Lipinski definition) is 5. The standard InChI is InChI=1S/C18H21N7O/c1-2-24-16(10-11-19-24)18(26)23-12-6-7-14(13-23)17-20-21-22-25(17)15-8-4-3-5-9-15/h3-5,8-11,14H,2,6-7,12-13H2,1H3. The van der Waals surface area contributed by atoms with Crippen LogP contribution in [-0.4, -0.2) is 53.9 Å². The van der Waals surface area contributed by atoms with Crippen molar-refractivity contribution >= 4 is 5.91 Å². The summed E-state index contributed by atoms with van der Waals surface area (Å²) in [6.45, 7) is 4.02. The highest BCUT2D eigenvalue weighted by Crippen LogP contribution is 2.27. The van der Waals surface area contributed by atoms with Crippen LogP contribution in [0.4, 0.5) is 0 Å². The Morgan fingerprint density at radius 2 is 2.08 bits per heavy atom. The number of likely N-dealkylation sites (tertiary alicyclic amines) is 1. The SMILES string of the molecule is CCn1nccc1C(=O)N1CCCC(c2nnnn2-c2ccccc2)C1. The molecule has 26 heavy (non-hydrogen) atoms. The number of hydrogen-bond donors (Lipinski definition) is 0. The van der Waals surface area contributed by atoms with Crippen LogP contribution in [-0.2, 0) is 6.54 Å². The fourth-order valence-corrected chi connectivity index (χ4v) is 3.50. The van der Waals surface area contributed by atoms with Gasteiger partial charge in [-0.15, -0.1) is 5.10 Å². The third-order valence-electron chi connectivity index (χ3n) is 4.80. The number of amides is 1. The number of nitrogens with zero attached hydrogens (tertiary/aromatic N) is 7. The van der Waals surface area contributed by atoms with Gasteiger partial charge in [0.05, 0.1) is 5.69 Å². The molecule has 0 aliphatic carbocycles. The van der Waals surface area contributed by atoms with E-state index in [2.05, 4.69) is 20.6 Å². The molecule has 134 valence electrons. The molecular weight excluding hydrogens is 330 g/mol. The zero-order valence-corrected chi connectivity index (χ0v) is 14.7. The summed E-state index contributed by atoms with van der Waals surface area (Å²) in [6, 6.07) is 11.6. The predicted molar refractivity (Wildman–Crippen MR) is 94.9 cm³/mol. The van der Waals surface area contributed by atoms with Crippen molar-refractivity contribution in [2.45, 2.75) is 32.2 Å². The summed E-state index contributed by atoms with van der Waals surface area (Å²) in [5.74, 6) is 0.936. The molecule has 8 nitrogen and oxygen atoms in total. The maximum Gasteiger partial charge on any atom is 0.272 e. The molecule has 1 unspecified atom stereocenters. The van der Waals surface area contributed by atoms with E-state index in [0.29, 0.717) is 18.8 Å². The first-order chi connectivity index (χ1) is 12.8. The van der Waals surface area contributed by atoms with E-state index in [1.54, 1.807) is 21.6 Å². The molecule has 0 N–H and O–H groups in total. The van der Waals surface area contributed by atoms with Gasteiger partial charge in [-0.1, -0.05) is 18.2 Å². The van der Waals surface area contributed by atoms with E-state index < -0.39 is 0 Å². The Labute approximate surface area is 151 Å². The van der Waals surface area contributed by atoms with Gasteiger partial charge in [-0.2, -0.15) is 9.78 Å². The molecule has 0 spiro atoms. The highest BCUT2D eigenvalue weighted by molar-refractivity contribution is 5.92. The third kappa shape index (κ3) is 2.98.